The molecule has 76 valence electrons. The van der Waals surface area contributed by atoms with Gasteiger partial charge in [0.15, 0.2) is 11.6 Å². The van der Waals surface area contributed by atoms with Gasteiger partial charge >= 0.3 is 0 Å². The van der Waals surface area contributed by atoms with Gasteiger partial charge in [0, 0.05) is 0 Å². The first-order valence-electron chi connectivity index (χ1n) is 3.52. The summed E-state index contributed by atoms with van der Waals surface area (Å²) in [5.74, 6) is -1.08. The van der Waals surface area contributed by atoms with Crippen molar-refractivity contribution in [2.75, 3.05) is 13.2 Å². The molecule has 0 atom stereocenters. The van der Waals surface area contributed by atoms with Crippen molar-refractivity contribution in [2.24, 2.45) is 0 Å². The van der Waals surface area contributed by atoms with Crippen LogP contribution in [0.15, 0.2) is 0 Å². The van der Waals surface area contributed by atoms with Crippen LogP contribution in [0, 0.1) is 3.14 Å². The highest BCUT2D eigenvalue weighted by molar-refractivity contribution is 7.76. The van der Waals surface area contributed by atoms with E-state index in [9.17, 15) is 9.59 Å². The molecule has 4 nitrogen and oxygen atoms in total. The largest absolute Gasteiger partial charge is 0.388 e. The summed E-state index contributed by atoms with van der Waals surface area (Å²) in [6, 6.07) is 0. The molecule has 0 aliphatic rings. The Morgan fingerprint density at radius 2 is 1.43 bits per heavy atom. The van der Waals surface area contributed by atoms with Crippen LogP contribution < -0.4 is 0 Å². The van der Waals surface area contributed by atoms with E-state index in [2.05, 4.69) is 0 Å². The number of Topliss-reactive ketones (excluding diaryl/α,β-unsaturated/α-hetero) is 2. The molecule has 0 radical (unpaired) electrons. The van der Waals surface area contributed by atoms with E-state index >= 15 is 0 Å². The number of hydrogen-bond donors (Lipinski definition) is 2. The molecule has 1 rings (SSSR count). The number of ketones is 2. The molecule has 1 aromatic heterocycles. The third-order valence-corrected chi connectivity index (χ3v) is 4.11. The predicted molar refractivity (Wildman–Crippen MR) is 55.9 cm³/mol. The maximum atomic E-state index is 11.2. The molecule has 0 spiro atoms. The molecule has 0 amide bonds. The first-order chi connectivity index (χ1) is 6.60. The molecule has 0 saturated heterocycles. The fourth-order valence-electron chi connectivity index (χ4n) is 0.791. The van der Waals surface area contributed by atoms with E-state index in [1.807, 2.05) is 0 Å². The molecule has 7 heteroatoms. The van der Waals surface area contributed by atoms with E-state index < -0.39 is 24.8 Å². The second-order valence-corrected chi connectivity index (χ2v) is 5.50. The van der Waals surface area contributed by atoms with Gasteiger partial charge in [-0.15, -0.1) is 22.7 Å². The topological polar surface area (TPSA) is 74.6 Å². The average molecular weight is 250 g/mol. The van der Waals surface area contributed by atoms with E-state index in [1.165, 1.54) is 0 Å². The Morgan fingerprint density at radius 3 is 1.71 bits per heavy atom. The molecule has 1 aromatic rings. The lowest BCUT2D eigenvalue weighted by Gasteiger charge is -1.95. The van der Waals surface area contributed by atoms with Gasteiger partial charge in [-0.1, -0.05) is 12.2 Å². The molecule has 0 aromatic carbocycles. The molecular weight excluding hydrogens is 244 g/mol. The summed E-state index contributed by atoms with van der Waals surface area (Å²) in [5, 5.41) is 17.3. The van der Waals surface area contributed by atoms with E-state index in [0.29, 0.717) is 3.14 Å². The second-order valence-electron chi connectivity index (χ2n) is 2.27. The van der Waals surface area contributed by atoms with Gasteiger partial charge in [-0.3, -0.25) is 9.59 Å². The van der Waals surface area contributed by atoms with Crippen molar-refractivity contribution in [1.82, 2.24) is 0 Å². The summed E-state index contributed by atoms with van der Waals surface area (Å²) in [4.78, 5) is 22.6. The van der Waals surface area contributed by atoms with Crippen LogP contribution in [-0.4, -0.2) is 35.0 Å². The van der Waals surface area contributed by atoms with Crippen LogP contribution in [0.3, 0.4) is 0 Å². The number of hydrogen-bond acceptors (Lipinski definition) is 7. The van der Waals surface area contributed by atoms with Crippen molar-refractivity contribution in [2.45, 2.75) is 0 Å². The lowest BCUT2D eigenvalue weighted by molar-refractivity contribution is 0.0877. The maximum absolute atomic E-state index is 11.2. The lowest BCUT2D eigenvalue weighted by atomic mass is 10.2. The van der Waals surface area contributed by atoms with Gasteiger partial charge in [-0.2, -0.15) is 0 Å². The minimum Gasteiger partial charge on any atom is -0.388 e. The van der Waals surface area contributed by atoms with Gasteiger partial charge in [0.1, 0.15) is 16.4 Å². The Bertz CT molecular complexity index is 380. The van der Waals surface area contributed by atoms with Gasteiger partial charge in [-0.25, -0.2) is 0 Å². The zero-order chi connectivity index (χ0) is 10.7. The molecule has 14 heavy (non-hydrogen) atoms. The Hall–Kier alpha value is -0.470. The number of aliphatic hydroxyl groups is 2. The van der Waals surface area contributed by atoms with Gasteiger partial charge in [0.2, 0.25) is 0 Å². The SMILES string of the molecule is O=C(CO)c1sc(=S)sc1C(=O)CO. The fraction of sp³-hybridized carbons (Fsp3) is 0.286. The summed E-state index contributed by atoms with van der Waals surface area (Å²) in [6.45, 7) is -1.32. The first kappa shape index (κ1) is 11.6. The summed E-state index contributed by atoms with van der Waals surface area (Å²) in [5.41, 5.74) is 0. The third kappa shape index (κ3) is 2.31. The van der Waals surface area contributed by atoms with Gasteiger partial charge < -0.3 is 10.2 Å². The predicted octanol–water partition coefficient (Wildman–Crippen LogP) is 0.889. The Kier molecular flexibility index (Phi) is 4.02. The monoisotopic (exact) mass is 250 g/mol. The van der Waals surface area contributed by atoms with Crippen molar-refractivity contribution in [3.05, 3.63) is 12.9 Å². The maximum Gasteiger partial charge on any atom is 0.199 e. The molecular formula is C7H6O4S3. The second kappa shape index (κ2) is 4.85. The van der Waals surface area contributed by atoms with Gasteiger partial charge in [0.25, 0.3) is 0 Å². The van der Waals surface area contributed by atoms with Crippen LogP contribution >= 0.6 is 34.9 Å². The summed E-state index contributed by atoms with van der Waals surface area (Å²) < 4.78 is 0.429. The van der Waals surface area contributed by atoms with Crippen molar-refractivity contribution in [3.8, 4) is 0 Å². The Balaban J connectivity index is 3.22. The fourth-order valence-corrected chi connectivity index (χ4v) is 3.31. The van der Waals surface area contributed by atoms with Crippen LogP contribution in [-0.2, 0) is 0 Å². The highest BCUT2D eigenvalue weighted by Gasteiger charge is 2.19. The van der Waals surface area contributed by atoms with Gasteiger partial charge in [-0.05, 0) is 0 Å². The first-order valence-corrected chi connectivity index (χ1v) is 5.56. The van der Waals surface area contributed by atoms with E-state index in [0.717, 1.165) is 22.7 Å². The summed E-state index contributed by atoms with van der Waals surface area (Å²) >= 11 is 6.79. The normalized spacial score (nSPS) is 10.1. The van der Waals surface area contributed by atoms with Crippen molar-refractivity contribution in [1.29, 1.82) is 0 Å². The number of carbonyl (C=O) groups is 2. The van der Waals surface area contributed by atoms with E-state index in [-0.39, 0.29) is 9.75 Å². The summed E-state index contributed by atoms with van der Waals surface area (Å²) in [6.07, 6.45) is 0. The minimum absolute atomic E-state index is 0.140. The zero-order valence-electron chi connectivity index (χ0n) is 6.85. The number of carbonyl (C=O) groups excluding carboxylic acids is 2. The highest BCUT2D eigenvalue weighted by atomic mass is 32.2. The molecule has 0 unspecified atom stereocenters. The van der Waals surface area contributed by atoms with Crippen molar-refractivity contribution >= 4 is 46.5 Å². The van der Waals surface area contributed by atoms with Crippen molar-refractivity contribution in [3.63, 3.8) is 0 Å². The number of rotatable bonds is 4. The summed E-state index contributed by atoms with van der Waals surface area (Å²) in [7, 11) is 0. The Morgan fingerprint density at radius 1 is 1.07 bits per heavy atom. The quantitative estimate of drug-likeness (QED) is 0.613. The van der Waals surface area contributed by atoms with Crippen molar-refractivity contribution < 1.29 is 19.8 Å². The standard InChI is InChI=1S/C7H6O4S3/c8-1-3(10)5-6(4(11)2-9)14-7(12)13-5/h8-9H,1-2H2. The third-order valence-electron chi connectivity index (χ3n) is 1.37. The number of aliphatic hydroxyl groups excluding tert-OH is 2. The smallest absolute Gasteiger partial charge is 0.199 e. The van der Waals surface area contributed by atoms with Crippen LogP contribution in [0.2, 0.25) is 0 Å². The molecule has 0 bridgehead atoms. The Labute approximate surface area is 92.5 Å². The zero-order valence-corrected chi connectivity index (χ0v) is 9.30. The minimum atomic E-state index is -0.659. The molecule has 0 aliphatic heterocycles. The molecule has 2 N–H and O–H groups in total. The lowest BCUT2D eigenvalue weighted by Crippen LogP contribution is -2.10. The van der Waals surface area contributed by atoms with Crippen LogP contribution in [0.25, 0.3) is 0 Å². The van der Waals surface area contributed by atoms with E-state index in [4.69, 9.17) is 22.4 Å². The molecule has 0 fully saturated rings. The van der Waals surface area contributed by atoms with E-state index in [1.54, 1.807) is 0 Å². The van der Waals surface area contributed by atoms with Crippen LogP contribution in [0.4, 0.5) is 0 Å². The highest BCUT2D eigenvalue weighted by Crippen LogP contribution is 2.25. The molecule has 0 aliphatic carbocycles. The van der Waals surface area contributed by atoms with Crippen LogP contribution in [0.1, 0.15) is 19.3 Å². The molecule has 1 heterocycles. The average Bonchev–Trinajstić information content (AvgIpc) is 2.58. The van der Waals surface area contributed by atoms with Gasteiger partial charge in [0.05, 0.1) is 9.75 Å². The molecule has 0 saturated carbocycles. The van der Waals surface area contributed by atoms with Crippen LogP contribution in [0.5, 0.6) is 0 Å².